The third kappa shape index (κ3) is 3.62. The molecule has 0 aliphatic carbocycles. The molecular weight excluding hydrogens is 400 g/mol. The summed E-state index contributed by atoms with van der Waals surface area (Å²) in [7, 11) is 1.58. The Balaban J connectivity index is 1.99. The number of imidazole rings is 1. The van der Waals surface area contributed by atoms with Crippen LogP contribution in [0.15, 0.2) is 43.4 Å². The zero-order chi connectivity index (χ0) is 18.7. The van der Waals surface area contributed by atoms with Crippen molar-refractivity contribution in [2.45, 2.75) is 26.3 Å². The van der Waals surface area contributed by atoms with E-state index < -0.39 is 11.2 Å². The average molecular weight is 419 g/mol. The Morgan fingerprint density at radius 2 is 2.04 bits per heavy atom. The number of rotatable bonds is 6. The van der Waals surface area contributed by atoms with Crippen molar-refractivity contribution in [3.05, 3.63) is 55.1 Å². The van der Waals surface area contributed by atoms with Crippen molar-refractivity contribution in [2.24, 2.45) is 12.1 Å². The Kier molecular flexibility index (Phi) is 5.36. The topological polar surface area (TPSA) is 97.1 Å². The van der Waals surface area contributed by atoms with E-state index in [-0.39, 0.29) is 0 Å². The molecule has 0 aliphatic rings. The minimum absolute atomic E-state index is 0.330. The fourth-order valence-electron chi connectivity index (χ4n) is 2.57. The fourth-order valence-corrected chi connectivity index (χ4v) is 2.83. The van der Waals surface area contributed by atoms with Gasteiger partial charge in [-0.25, -0.2) is 10.2 Å². The first-order valence-corrected chi connectivity index (χ1v) is 9.04. The minimum atomic E-state index is -0.493. The first-order chi connectivity index (χ1) is 12.5. The van der Waals surface area contributed by atoms with Gasteiger partial charge in [-0.3, -0.25) is 14.3 Å². The van der Waals surface area contributed by atoms with E-state index in [1.54, 1.807) is 17.8 Å². The third-order valence-corrected chi connectivity index (χ3v) is 4.52. The molecule has 0 amide bonds. The largest absolute Gasteiger partial charge is 0.329 e. The predicted molar refractivity (Wildman–Crippen MR) is 106 cm³/mol. The lowest BCUT2D eigenvalue weighted by atomic mass is 10.2. The van der Waals surface area contributed by atoms with Gasteiger partial charge in [-0.2, -0.15) is 10.1 Å². The van der Waals surface area contributed by atoms with Gasteiger partial charge in [0.05, 0.1) is 6.21 Å². The highest BCUT2D eigenvalue weighted by Crippen LogP contribution is 2.16. The summed E-state index contributed by atoms with van der Waals surface area (Å²) in [6.45, 7) is 2.67. The molecule has 3 aromatic rings. The van der Waals surface area contributed by atoms with E-state index in [2.05, 4.69) is 43.3 Å². The van der Waals surface area contributed by atoms with E-state index >= 15 is 0 Å². The molecule has 0 saturated heterocycles. The Morgan fingerprint density at radius 1 is 1.31 bits per heavy atom. The second-order valence-corrected chi connectivity index (χ2v) is 6.77. The Labute approximate surface area is 157 Å². The number of hydrogen-bond acceptors (Lipinski definition) is 5. The van der Waals surface area contributed by atoms with E-state index in [0.29, 0.717) is 23.7 Å². The smallest absolute Gasteiger partial charge is 0.303 e. The summed E-state index contributed by atoms with van der Waals surface area (Å²) in [6.07, 6.45) is 3.50. The van der Waals surface area contributed by atoms with Crippen LogP contribution < -0.4 is 16.7 Å². The van der Waals surface area contributed by atoms with Crippen molar-refractivity contribution in [1.29, 1.82) is 0 Å². The maximum absolute atomic E-state index is 12.3. The van der Waals surface area contributed by atoms with Gasteiger partial charge in [-0.05, 0) is 24.1 Å². The van der Waals surface area contributed by atoms with Crippen LogP contribution in [-0.4, -0.2) is 25.3 Å². The number of aromatic nitrogens is 4. The lowest BCUT2D eigenvalue weighted by Crippen LogP contribution is -2.29. The quantitative estimate of drug-likeness (QED) is 0.474. The van der Waals surface area contributed by atoms with Crippen LogP contribution in [0.3, 0.4) is 0 Å². The molecular formula is C17H19BrN6O2. The van der Waals surface area contributed by atoms with Crippen LogP contribution in [0, 0.1) is 0 Å². The van der Waals surface area contributed by atoms with Gasteiger partial charge < -0.3 is 4.57 Å². The molecule has 0 unspecified atom stereocenters. The van der Waals surface area contributed by atoms with E-state index in [1.807, 2.05) is 24.3 Å². The highest BCUT2D eigenvalue weighted by Gasteiger charge is 2.16. The number of H-pyrrole nitrogens is 1. The number of aryl methyl sites for hydroxylation is 2. The Hall–Kier alpha value is -2.68. The maximum Gasteiger partial charge on any atom is 0.329 e. The van der Waals surface area contributed by atoms with Crippen LogP contribution in [-0.2, 0) is 13.6 Å². The molecule has 1 aromatic carbocycles. The van der Waals surface area contributed by atoms with Gasteiger partial charge in [-0.1, -0.05) is 41.4 Å². The summed E-state index contributed by atoms with van der Waals surface area (Å²) < 4.78 is 4.07. The first-order valence-electron chi connectivity index (χ1n) is 8.25. The zero-order valence-electron chi connectivity index (χ0n) is 14.5. The van der Waals surface area contributed by atoms with Crippen LogP contribution in [0.4, 0.5) is 5.95 Å². The van der Waals surface area contributed by atoms with Crippen molar-refractivity contribution < 1.29 is 0 Å². The van der Waals surface area contributed by atoms with Gasteiger partial charge in [-0.15, -0.1) is 0 Å². The molecule has 26 heavy (non-hydrogen) atoms. The number of fused-ring (bicyclic) bond motifs is 1. The normalized spacial score (nSPS) is 11.5. The number of anilines is 1. The van der Waals surface area contributed by atoms with Crippen molar-refractivity contribution in [3.63, 3.8) is 0 Å². The second-order valence-electron chi connectivity index (χ2n) is 5.85. The van der Waals surface area contributed by atoms with Gasteiger partial charge in [0.2, 0.25) is 5.95 Å². The molecule has 0 fully saturated rings. The van der Waals surface area contributed by atoms with Crippen LogP contribution in [0.1, 0.15) is 25.3 Å². The van der Waals surface area contributed by atoms with Crippen molar-refractivity contribution in [2.75, 3.05) is 5.43 Å². The van der Waals surface area contributed by atoms with Gasteiger partial charge in [0.1, 0.15) is 0 Å². The van der Waals surface area contributed by atoms with Gasteiger partial charge in [0.15, 0.2) is 11.2 Å². The lowest BCUT2D eigenvalue weighted by Gasteiger charge is -2.06. The molecule has 9 heteroatoms. The van der Waals surface area contributed by atoms with Crippen LogP contribution >= 0.6 is 15.9 Å². The molecule has 0 atom stereocenters. The number of hydrazone groups is 1. The van der Waals surface area contributed by atoms with Gasteiger partial charge in [0, 0.05) is 18.1 Å². The maximum atomic E-state index is 12.3. The molecule has 136 valence electrons. The molecule has 2 aromatic heterocycles. The summed E-state index contributed by atoms with van der Waals surface area (Å²) in [5.41, 5.74) is 3.56. The molecule has 3 rings (SSSR count). The number of halogens is 1. The standard InChI is InChI=1S/C17H19BrN6O2/c1-3-4-9-24-13-14(23(2)17(26)21-15(13)25)20-16(24)22-19-10-11-5-7-12(18)8-6-11/h5-8,10H,3-4,9H2,1-2H3,(H,20,22)(H,21,25,26)/b19-10-. The first kappa shape index (κ1) is 18.1. The molecule has 2 heterocycles. The van der Waals surface area contributed by atoms with E-state index in [9.17, 15) is 9.59 Å². The van der Waals surface area contributed by atoms with Gasteiger partial charge in [0.25, 0.3) is 5.56 Å². The van der Waals surface area contributed by atoms with E-state index in [0.717, 1.165) is 22.9 Å². The number of benzene rings is 1. The van der Waals surface area contributed by atoms with Crippen molar-refractivity contribution >= 4 is 39.3 Å². The highest BCUT2D eigenvalue weighted by atomic mass is 79.9. The molecule has 0 aliphatic heterocycles. The minimum Gasteiger partial charge on any atom is -0.303 e. The molecule has 2 N–H and O–H groups in total. The fraction of sp³-hybridized carbons (Fsp3) is 0.294. The van der Waals surface area contributed by atoms with Crippen LogP contribution in [0.5, 0.6) is 0 Å². The number of aromatic amines is 1. The highest BCUT2D eigenvalue weighted by molar-refractivity contribution is 9.10. The molecule has 0 spiro atoms. The number of nitrogens with zero attached hydrogens (tertiary/aromatic N) is 4. The number of hydrogen-bond donors (Lipinski definition) is 2. The SMILES string of the molecule is CCCCn1c(N/N=C\c2ccc(Br)cc2)nc2c1c(=O)[nH]c(=O)n2C. The summed E-state index contributed by atoms with van der Waals surface area (Å²) in [5, 5.41) is 4.21. The zero-order valence-corrected chi connectivity index (χ0v) is 16.1. The molecule has 0 bridgehead atoms. The van der Waals surface area contributed by atoms with Crippen LogP contribution in [0.25, 0.3) is 11.2 Å². The molecule has 0 saturated carbocycles. The summed E-state index contributed by atoms with van der Waals surface area (Å²) in [5.74, 6) is 0.425. The monoisotopic (exact) mass is 418 g/mol. The van der Waals surface area contributed by atoms with E-state index in [1.165, 1.54) is 4.57 Å². The second kappa shape index (κ2) is 7.69. The lowest BCUT2D eigenvalue weighted by molar-refractivity contribution is 0.647. The van der Waals surface area contributed by atoms with Crippen molar-refractivity contribution in [3.8, 4) is 0 Å². The summed E-state index contributed by atoms with van der Waals surface area (Å²) >= 11 is 3.39. The average Bonchev–Trinajstić information content (AvgIpc) is 2.99. The van der Waals surface area contributed by atoms with Gasteiger partial charge >= 0.3 is 5.69 Å². The Bertz CT molecular complexity index is 1060. The predicted octanol–water partition coefficient (Wildman–Crippen LogP) is 2.43. The van der Waals surface area contributed by atoms with E-state index in [4.69, 9.17) is 0 Å². The number of nitrogens with one attached hydrogen (secondary N) is 2. The molecule has 8 nitrogen and oxygen atoms in total. The van der Waals surface area contributed by atoms with Crippen LogP contribution in [0.2, 0.25) is 0 Å². The number of unbranched alkanes of at least 4 members (excludes halogenated alkanes) is 1. The Morgan fingerprint density at radius 3 is 2.73 bits per heavy atom. The summed E-state index contributed by atoms with van der Waals surface area (Å²) in [6, 6.07) is 7.69. The van der Waals surface area contributed by atoms with Crippen molar-refractivity contribution in [1.82, 2.24) is 19.1 Å². The summed E-state index contributed by atoms with van der Waals surface area (Å²) in [4.78, 5) is 30.8. The third-order valence-electron chi connectivity index (χ3n) is 3.99. The molecule has 0 radical (unpaired) electrons.